The summed E-state index contributed by atoms with van der Waals surface area (Å²) in [5, 5.41) is 11.5. The largest absolute Gasteiger partial charge is 0.454 e. The van der Waals surface area contributed by atoms with Gasteiger partial charge in [0, 0.05) is 19.7 Å². The molecule has 3 heterocycles. The summed E-state index contributed by atoms with van der Waals surface area (Å²) in [7, 11) is 0. The molecule has 0 saturated carbocycles. The number of carbonyl (C=O) groups excluding carboxylic acids is 2. The second-order valence-electron chi connectivity index (χ2n) is 10.1. The van der Waals surface area contributed by atoms with Crippen LogP contribution in [-0.2, 0) is 27.4 Å². The molecule has 10 heteroatoms. The van der Waals surface area contributed by atoms with Crippen molar-refractivity contribution >= 4 is 22.8 Å². The minimum Gasteiger partial charge on any atom is -0.454 e. The van der Waals surface area contributed by atoms with Crippen molar-refractivity contribution in [1.82, 2.24) is 25.2 Å². The molecule has 4 aromatic rings. The molecule has 1 fully saturated rings. The van der Waals surface area contributed by atoms with Crippen LogP contribution in [0.25, 0.3) is 11.0 Å². The Morgan fingerprint density at radius 1 is 1.07 bits per heavy atom. The number of amides is 2. The number of para-hydroxylation sites is 1. The molecule has 1 saturated heterocycles. The van der Waals surface area contributed by atoms with Gasteiger partial charge in [0.15, 0.2) is 11.5 Å². The average molecular weight is 542 g/mol. The van der Waals surface area contributed by atoms with Gasteiger partial charge in [-0.2, -0.15) is 0 Å². The van der Waals surface area contributed by atoms with Crippen LogP contribution >= 0.6 is 0 Å². The first-order valence-electron chi connectivity index (χ1n) is 13.5. The number of benzene rings is 3. The molecule has 2 aliphatic rings. The standard InChI is InChI=1S/C30H31N5O5/c1-20-8-11-22(12-9-20)29(30(37)31-16-23-5-4-14-38-23)34(17-21-10-13-26-27(15-21)40-19-39-26)28(36)18-35-25-7-3-2-6-24(25)32-33-35/h2-3,6-13,15,23,29H,4-5,14,16-19H2,1H3,(H,31,37)/t23-,29-/m0/s1. The smallest absolute Gasteiger partial charge is 0.247 e. The lowest BCUT2D eigenvalue weighted by Crippen LogP contribution is -2.46. The van der Waals surface area contributed by atoms with E-state index in [-0.39, 0.29) is 37.8 Å². The predicted molar refractivity (Wildman–Crippen MR) is 147 cm³/mol. The molecule has 0 bridgehead atoms. The van der Waals surface area contributed by atoms with Gasteiger partial charge in [-0.3, -0.25) is 9.59 Å². The summed E-state index contributed by atoms with van der Waals surface area (Å²) in [5.74, 6) is 0.727. The molecule has 2 atom stereocenters. The van der Waals surface area contributed by atoms with Crippen molar-refractivity contribution in [2.45, 2.75) is 45.0 Å². The van der Waals surface area contributed by atoms with Crippen molar-refractivity contribution in [3.05, 3.63) is 83.4 Å². The first-order chi connectivity index (χ1) is 19.5. The van der Waals surface area contributed by atoms with Crippen LogP contribution in [0.3, 0.4) is 0 Å². The van der Waals surface area contributed by atoms with Crippen molar-refractivity contribution in [1.29, 1.82) is 0 Å². The third-order valence-electron chi connectivity index (χ3n) is 7.30. The topological polar surface area (TPSA) is 108 Å². The number of rotatable bonds is 9. The predicted octanol–water partition coefficient (Wildman–Crippen LogP) is 3.53. The summed E-state index contributed by atoms with van der Waals surface area (Å²) >= 11 is 0. The Morgan fingerprint density at radius 3 is 2.73 bits per heavy atom. The van der Waals surface area contributed by atoms with E-state index < -0.39 is 6.04 Å². The fourth-order valence-electron chi connectivity index (χ4n) is 5.15. The van der Waals surface area contributed by atoms with E-state index in [0.29, 0.717) is 35.7 Å². The Labute approximate surface area is 231 Å². The average Bonchev–Trinajstić information content (AvgIpc) is 3.74. The highest BCUT2D eigenvalue weighted by Gasteiger charge is 2.33. The van der Waals surface area contributed by atoms with E-state index in [1.165, 1.54) is 0 Å². The SMILES string of the molecule is Cc1ccc([C@@H](C(=O)NC[C@@H]2CCCO2)N(Cc2ccc3c(c2)OCO3)C(=O)Cn2nnc3ccccc32)cc1. The van der Waals surface area contributed by atoms with Gasteiger partial charge in [0.1, 0.15) is 18.1 Å². The van der Waals surface area contributed by atoms with Crippen molar-refractivity contribution in [3.8, 4) is 11.5 Å². The van der Waals surface area contributed by atoms with Crippen molar-refractivity contribution in [3.63, 3.8) is 0 Å². The number of hydrogen-bond donors (Lipinski definition) is 1. The number of hydrogen-bond acceptors (Lipinski definition) is 7. The van der Waals surface area contributed by atoms with E-state index >= 15 is 0 Å². The number of nitrogens with one attached hydrogen (secondary N) is 1. The fourth-order valence-corrected chi connectivity index (χ4v) is 5.15. The minimum atomic E-state index is -0.880. The summed E-state index contributed by atoms with van der Waals surface area (Å²) < 4.78 is 18.3. The third kappa shape index (κ3) is 5.48. The van der Waals surface area contributed by atoms with E-state index in [1.54, 1.807) is 9.58 Å². The van der Waals surface area contributed by atoms with E-state index in [4.69, 9.17) is 14.2 Å². The van der Waals surface area contributed by atoms with Crippen molar-refractivity contribution in [2.75, 3.05) is 19.9 Å². The lowest BCUT2D eigenvalue weighted by atomic mass is 10.0. The van der Waals surface area contributed by atoms with E-state index in [9.17, 15) is 9.59 Å². The van der Waals surface area contributed by atoms with Crippen LogP contribution in [0.4, 0.5) is 0 Å². The van der Waals surface area contributed by atoms with Crippen LogP contribution in [0.5, 0.6) is 11.5 Å². The molecule has 10 nitrogen and oxygen atoms in total. The monoisotopic (exact) mass is 541 g/mol. The zero-order valence-corrected chi connectivity index (χ0v) is 22.3. The van der Waals surface area contributed by atoms with Gasteiger partial charge in [-0.05, 0) is 55.2 Å². The zero-order chi connectivity index (χ0) is 27.5. The zero-order valence-electron chi connectivity index (χ0n) is 22.3. The Bertz CT molecular complexity index is 1510. The Morgan fingerprint density at radius 2 is 1.90 bits per heavy atom. The molecular formula is C30H31N5O5. The number of fused-ring (bicyclic) bond motifs is 2. The van der Waals surface area contributed by atoms with Crippen LogP contribution in [0.2, 0.25) is 0 Å². The molecule has 1 aromatic heterocycles. The fraction of sp³-hybridized carbons (Fsp3) is 0.333. The molecule has 0 unspecified atom stereocenters. The summed E-state index contributed by atoms with van der Waals surface area (Å²) in [5.41, 5.74) is 4.03. The molecule has 3 aromatic carbocycles. The van der Waals surface area contributed by atoms with Gasteiger partial charge in [0.05, 0.1) is 11.6 Å². The van der Waals surface area contributed by atoms with E-state index in [1.807, 2.05) is 73.7 Å². The number of aryl methyl sites for hydroxylation is 1. The molecule has 0 spiro atoms. The normalized spacial score (nSPS) is 16.7. The van der Waals surface area contributed by atoms with Gasteiger partial charge in [0.25, 0.3) is 0 Å². The molecule has 6 rings (SSSR count). The molecular weight excluding hydrogens is 510 g/mol. The van der Waals surface area contributed by atoms with Crippen molar-refractivity contribution in [2.24, 2.45) is 0 Å². The van der Waals surface area contributed by atoms with Gasteiger partial charge in [0.2, 0.25) is 18.6 Å². The van der Waals surface area contributed by atoms with Crippen LogP contribution in [-0.4, -0.2) is 57.8 Å². The minimum absolute atomic E-state index is 0.0258. The first kappa shape index (κ1) is 25.8. The number of carbonyl (C=O) groups is 2. The Balaban J connectivity index is 1.35. The number of ether oxygens (including phenoxy) is 3. The highest BCUT2D eigenvalue weighted by molar-refractivity contribution is 5.89. The Kier molecular flexibility index (Phi) is 7.33. The molecule has 206 valence electrons. The summed E-state index contributed by atoms with van der Waals surface area (Å²) in [6.45, 7) is 3.32. The highest BCUT2D eigenvalue weighted by atomic mass is 16.7. The maximum Gasteiger partial charge on any atom is 0.247 e. The van der Waals surface area contributed by atoms with Crippen LogP contribution < -0.4 is 14.8 Å². The molecule has 2 aliphatic heterocycles. The van der Waals surface area contributed by atoms with Gasteiger partial charge in [-0.15, -0.1) is 5.10 Å². The highest BCUT2D eigenvalue weighted by Crippen LogP contribution is 2.34. The molecule has 2 amide bonds. The molecule has 0 aliphatic carbocycles. The van der Waals surface area contributed by atoms with Gasteiger partial charge >= 0.3 is 0 Å². The van der Waals surface area contributed by atoms with E-state index in [0.717, 1.165) is 29.5 Å². The molecule has 40 heavy (non-hydrogen) atoms. The quantitative estimate of drug-likeness (QED) is 0.345. The van der Waals surface area contributed by atoms with Crippen LogP contribution in [0, 0.1) is 6.92 Å². The number of nitrogens with zero attached hydrogens (tertiary/aromatic N) is 4. The van der Waals surface area contributed by atoms with Crippen molar-refractivity contribution < 1.29 is 23.8 Å². The summed E-state index contributed by atoms with van der Waals surface area (Å²) in [6.07, 6.45) is 1.85. The first-order valence-corrected chi connectivity index (χ1v) is 13.5. The maximum absolute atomic E-state index is 14.1. The second kappa shape index (κ2) is 11.4. The maximum atomic E-state index is 14.1. The van der Waals surface area contributed by atoms with Crippen LogP contribution in [0.15, 0.2) is 66.7 Å². The second-order valence-corrected chi connectivity index (χ2v) is 10.1. The summed E-state index contributed by atoms with van der Waals surface area (Å²) in [4.78, 5) is 29.6. The molecule has 0 radical (unpaired) electrons. The lowest BCUT2D eigenvalue weighted by molar-refractivity contribution is -0.142. The summed E-state index contributed by atoms with van der Waals surface area (Å²) in [6, 6.07) is 19.8. The Hall–Kier alpha value is -4.44. The third-order valence-corrected chi connectivity index (χ3v) is 7.30. The van der Waals surface area contributed by atoms with E-state index in [2.05, 4.69) is 15.6 Å². The van der Waals surface area contributed by atoms with Gasteiger partial charge < -0.3 is 24.4 Å². The number of aromatic nitrogens is 3. The van der Waals surface area contributed by atoms with Gasteiger partial charge in [-0.25, -0.2) is 4.68 Å². The van der Waals surface area contributed by atoms with Gasteiger partial charge in [-0.1, -0.05) is 53.2 Å². The lowest BCUT2D eigenvalue weighted by Gasteiger charge is -2.32. The van der Waals surface area contributed by atoms with Crippen LogP contribution in [0.1, 0.15) is 35.6 Å². The molecule has 1 N–H and O–H groups in total.